The molecule has 0 bridgehead atoms. The van der Waals surface area contributed by atoms with E-state index in [1.54, 1.807) is 6.07 Å². The quantitative estimate of drug-likeness (QED) is 0.755. The SMILES string of the molecule is Cc1ccc(Nc2cc(C)c3c(O)cccc3n2)cc1C.[Cl-]. The van der Waals surface area contributed by atoms with Gasteiger partial charge in [0, 0.05) is 11.1 Å². The molecule has 2 N–H and O–H groups in total. The molecular weight excluding hydrogens is 296 g/mol. The first-order valence-electron chi connectivity index (χ1n) is 6.98. The van der Waals surface area contributed by atoms with Crippen molar-refractivity contribution in [2.45, 2.75) is 20.8 Å². The van der Waals surface area contributed by atoms with E-state index in [1.807, 2.05) is 31.2 Å². The van der Waals surface area contributed by atoms with Gasteiger partial charge < -0.3 is 22.8 Å². The summed E-state index contributed by atoms with van der Waals surface area (Å²) in [6, 6.07) is 13.6. The zero-order chi connectivity index (χ0) is 15.0. The normalized spacial score (nSPS) is 10.3. The molecule has 0 aliphatic carbocycles. The molecule has 22 heavy (non-hydrogen) atoms. The topological polar surface area (TPSA) is 45.1 Å². The second-order valence-corrected chi connectivity index (χ2v) is 5.42. The summed E-state index contributed by atoms with van der Waals surface area (Å²) in [7, 11) is 0. The van der Waals surface area contributed by atoms with Crippen molar-refractivity contribution in [3.63, 3.8) is 0 Å². The second-order valence-electron chi connectivity index (χ2n) is 5.42. The molecule has 0 aliphatic heterocycles. The Morgan fingerprint density at radius 3 is 2.41 bits per heavy atom. The number of halogens is 1. The molecule has 0 radical (unpaired) electrons. The molecule has 3 rings (SSSR count). The van der Waals surface area contributed by atoms with E-state index >= 15 is 0 Å². The van der Waals surface area contributed by atoms with Crippen molar-refractivity contribution in [2.24, 2.45) is 0 Å². The van der Waals surface area contributed by atoms with Crippen LogP contribution in [0.15, 0.2) is 42.5 Å². The number of nitrogens with one attached hydrogen (secondary N) is 1. The van der Waals surface area contributed by atoms with Gasteiger partial charge in [-0.2, -0.15) is 0 Å². The molecule has 0 saturated heterocycles. The van der Waals surface area contributed by atoms with Gasteiger partial charge in [0.1, 0.15) is 11.6 Å². The molecule has 0 saturated carbocycles. The number of phenols is 1. The van der Waals surface area contributed by atoms with Crippen LogP contribution in [0.1, 0.15) is 16.7 Å². The van der Waals surface area contributed by atoms with Gasteiger partial charge in [-0.25, -0.2) is 4.98 Å². The first-order chi connectivity index (χ1) is 10.0. The van der Waals surface area contributed by atoms with Crippen molar-refractivity contribution >= 4 is 22.4 Å². The fraction of sp³-hybridized carbons (Fsp3) is 0.167. The smallest absolute Gasteiger partial charge is 0.131 e. The summed E-state index contributed by atoms with van der Waals surface area (Å²) in [6.45, 7) is 6.17. The number of rotatable bonds is 2. The van der Waals surface area contributed by atoms with Crippen molar-refractivity contribution < 1.29 is 17.5 Å². The van der Waals surface area contributed by atoms with Crippen molar-refractivity contribution in [1.82, 2.24) is 4.98 Å². The Balaban J connectivity index is 0.00000176. The molecule has 0 unspecified atom stereocenters. The fourth-order valence-corrected chi connectivity index (χ4v) is 2.50. The number of anilines is 2. The summed E-state index contributed by atoms with van der Waals surface area (Å²) >= 11 is 0. The van der Waals surface area contributed by atoms with Crippen LogP contribution in [-0.4, -0.2) is 10.1 Å². The van der Waals surface area contributed by atoms with E-state index in [4.69, 9.17) is 0 Å². The van der Waals surface area contributed by atoms with Crippen molar-refractivity contribution in [2.75, 3.05) is 5.32 Å². The highest BCUT2D eigenvalue weighted by molar-refractivity contribution is 5.89. The third kappa shape index (κ3) is 3.00. The first-order valence-corrected chi connectivity index (χ1v) is 6.98. The average Bonchev–Trinajstić information content (AvgIpc) is 2.42. The number of aromatic hydroxyl groups is 1. The van der Waals surface area contributed by atoms with Gasteiger partial charge in [-0.1, -0.05) is 12.1 Å². The highest BCUT2D eigenvalue weighted by Gasteiger charge is 2.07. The van der Waals surface area contributed by atoms with Crippen LogP contribution in [0.5, 0.6) is 5.75 Å². The minimum Gasteiger partial charge on any atom is -1.00 e. The van der Waals surface area contributed by atoms with Crippen LogP contribution in [-0.2, 0) is 0 Å². The molecule has 114 valence electrons. The number of benzene rings is 2. The zero-order valence-corrected chi connectivity index (χ0v) is 13.6. The maximum absolute atomic E-state index is 9.94. The summed E-state index contributed by atoms with van der Waals surface area (Å²) in [5, 5.41) is 14.1. The number of fused-ring (bicyclic) bond motifs is 1. The van der Waals surface area contributed by atoms with Gasteiger partial charge in [0.25, 0.3) is 0 Å². The lowest BCUT2D eigenvalue weighted by Crippen LogP contribution is -3.00. The number of hydrogen-bond acceptors (Lipinski definition) is 3. The Labute approximate surface area is 136 Å². The predicted molar refractivity (Wildman–Crippen MR) is 87.3 cm³/mol. The van der Waals surface area contributed by atoms with Gasteiger partial charge in [-0.15, -0.1) is 0 Å². The molecule has 1 aromatic heterocycles. The second kappa shape index (κ2) is 6.24. The van der Waals surface area contributed by atoms with Crippen LogP contribution in [0.25, 0.3) is 10.9 Å². The lowest BCUT2D eigenvalue weighted by Gasteiger charge is -2.11. The predicted octanol–water partition coefficient (Wildman–Crippen LogP) is 1.61. The van der Waals surface area contributed by atoms with E-state index in [2.05, 4.69) is 36.3 Å². The number of nitrogens with zero attached hydrogens (tertiary/aromatic N) is 1. The van der Waals surface area contributed by atoms with Crippen LogP contribution < -0.4 is 17.7 Å². The summed E-state index contributed by atoms with van der Waals surface area (Å²) in [6.07, 6.45) is 0. The van der Waals surface area contributed by atoms with Gasteiger partial charge >= 0.3 is 0 Å². The monoisotopic (exact) mass is 313 g/mol. The third-order valence-corrected chi connectivity index (χ3v) is 3.79. The van der Waals surface area contributed by atoms with Gasteiger partial charge in [0.2, 0.25) is 0 Å². The summed E-state index contributed by atoms with van der Waals surface area (Å²) in [5.41, 5.74) is 5.33. The number of phenolic OH excluding ortho intramolecular Hbond substituents is 1. The lowest BCUT2D eigenvalue weighted by molar-refractivity contribution is -0.00000546. The van der Waals surface area contributed by atoms with Crippen molar-refractivity contribution in [3.8, 4) is 5.75 Å². The Kier molecular flexibility index (Phi) is 4.57. The van der Waals surface area contributed by atoms with E-state index in [0.717, 1.165) is 28.0 Å². The van der Waals surface area contributed by atoms with Crippen molar-refractivity contribution in [3.05, 3.63) is 59.2 Å². The van der Waals surface area contributed by atoms with Gasteiger partial charge in [-0.05, 0) is 67.8 Å². The largest absolute Gasteiger partial charge is 1.00 e. The van der Waals surface area contributed by atoms with E-state index < -0.39 is 0 Å². The van der Waals surface area contributed by atoms with Crippen LogP contribution in [0.2, 0.25) is 0 Å². The first kappa shape index (κ1) is 16.1. The number of aryl methyl sites for hydroxylation is 3. The number of pyridine rings is 1. The minimum atomic E-state index is 0. The molecule has 3 nitrogen and oxygen atoms in total. The Bertz CT molecular complexity index is 831. The molecular formula is C18H18ClN2O-. The highest BCUT2D eigenvalue weighted by atomic mass is 35.5. The van der Waals surface area contributed by atoms with E-state index in [0.29, 0.717) is 0 Å². The van der Waals surface area contributed by atoms with Crippen molar-refractivity contribution in [1.29, 1.82) is 0 Å². The maximum Gasteiger partial charge on any atom is 0.131 e. The maximum atomic E-state index is 9.94. The van der Waals surface area contributed by atoms with Gasteiger partial charge in [0.05, 0.1) is 5.52 Å². The molecule has 0 spiro atoms. The van der Waals surface area contributed by atoms with Gasteiger partial charge in [-0.3, -0.25) is 0 Å². The van der Waals surface area contributed by atoms with E-state index in [1.165, 1.54) is 11.1 Å². The summed E-state index contributed by atoms with van der Waals surface area (Å²) < 4.78 is 0. The number of aromatic nitrogens is 1. The standard InChI is InChI=1S/C18H18N2O.ClH/c1-11-7-8-14(9-12(11)2)19-17-10-13(3)18-15(20-17)5-4-6-16(18)21;/h4-10,21H,1-3H3,(H,19,20);1H/p-1. The van der Waals surface area contributed by atoms with Crippen LogP contribution in [0.4, 0.5) is 11.5 Å². The molecule has 4 heteroatoms. The van der Waals surface area contributed by atoms with Crippen LogP contribution >= 0.6 is 0 Å². The molecule has 0 atom stereocenters. The Morgan fingerprint density at radius 2 is 1.68 bits per heavy atom. The minimum absolute atomic E-state index is 0. The number of hydrogen-bond donors (Lipinski definition) is 2. The van der Waals surface area contributed by atoms with Gasteiger partial charge in [0.15, 0.2) is 0 Å². The summed E-state index contributed by atoms with van der Waals surface area (Å²) in [4.78, 5) is 4.57. The molecule has 3 aromatic rings. The molecule has 1 heterocycles. The Hall–Kier alpha value is -2.26. The molecule has 2 aromatic carbocycles. The van der Waals surface area contributed by atoms with Crippen LogP contribution in [0, 0.1) is 20.8 Å². The fourth-order valence-electron chi connectivity index (χ4n) is 2.50. The third-order valence-electron chi connectivity index (χ3n) is 3.79. The molecule has 0 aliphatic rings. The summed E-state index contributed by atoms with van der Waals surface area (Å²) in [5.74, 6) is 1.06. The molecule has 0 fully saturated rings. The molecule has 0 amide bonds. The Morgan fingerprint density at radius 1 is 0.909 bits per heavy atom. The zero-order valence-electron chi connectivity index (χ0n) is 12.8. The average molecular weight is 314 g/mol. The highest BCUT2D eigenvalue weighted by Crippen LogP contribution is 2.29. The van der Waals surface area contributed by atoms with E-state index in [-0.39, 0.29) is 18.2 Å². The lowest BCUT2D eigenvalue weighted by atomic mass is 10.1. The van der Waals surface area contributed by atoms with E-state index in [9.17, 15) is 5.11 Å². The van der Waals surface area contributed by atoms with Crippen LogP contribution in [0.3, 0.4) is 0 Å².